The summed E-state index contributed by atoms with van der Waals surface area (Å²) in [5.41, 5.74) is 6.89. The first-order valence-corrected chi connectivity index (χ1v) is 5.50. The Morgan fingerprint density at radius 2 is 2.31 bits per heavy atom. The molecule has 16 heavy (non-hydrogen) atoms. The van der Waals surface area contributed by atoms with Gasteiger partial charge in [-0.05, 0) is 28.1 Å². The van der Waals surface area contributed by atoms with E-state index in [0.717, 1.165) is 10.0 Å². The second-order valence-electron chi connectivity index (χ2n) is 3.21. The number of halogens is 1. The van der Waals surface area contributed by atoms with E-state index in [0.29, 0.717) is 11.6 Å². The van der Waals surface area contributed by atoms with Crippen LogP contribution in [0.1, 0.15) is 17.4 Å². The normalized spacial score (nSPS) is 12.4. The Morgan fingerprint density at radius 3 is 2.94 bits per heavy atom. The molecule has 2 rings (SSSR count). The molecule has 2 N–H and O–H groups in total. The number of ether oxygens (including phenoxy) is 1. The Morgan fingerprint density at radius 1 is 1.50 bits per heavy atom. The van der Waals surface area contributed by atoms with Crippen LogP contribution in [0.3, 0.4) is 0 Å². The summed E-state index contributed by atoms with van der Waals surface area (Å²) >= 11 is 3.38. The molecule has 0 fully saturated rings. The van der Waals surface area contributed by atoms with Crippen LogP contribution < -0.4 is 10.5 Å². The quantitative estimate of drug-likeness (QED) is 0.940. The molecule has 0 aliphatic carbocycles. The van der Waals surface area contributed by atoms with Crippen LogP contribution in [0.25, 0.3) is 0 Å². The van der Waals surface area contributed by atoms with Crippen molar-refractivity contribution in [2.45, 2.75) is 6.04 Å². The third-order valence-corrected chi connectivity index (χ3v) is 2.91. The molecule has 4 nitrogen and oxygen atoms in total. The van der Waals surface area contributed by atoms with Gasteiger partial charge in [0.1, 0.15) is 5.76 Å². The number of hydrogen-bond acceptors (Lipinski definition) is 4. The lowest BCUT2D eigenvalue weighted by Gasteiger charge is -2.12. The van der Waals surface area contributed by atoms with Crippen molar-refractivity contribution < 1.29 is 9.15 Å². The molecule has 2 heterocycles. The summed E-state index contributed by atoms with van der Waals surface area (Å²) in [6.45, 7) is 0. The summed E-state index contributed by atoms with van der Waals surface area (Å²) in [5, 5.41) is 0. The lowest BCUT2D eigenvalue weighted by atomic mass is 10.1. The maximum atomic E-state index is 6.09. The number of methoxy groups -OCH3 is 1. The maximum absolute atomic E-state index is 6.09. The van der Waals surface area contributed by atoms with E-state index >= 15 is 0 Å². The number of aromatic nitrogens is 1. The van der Waals surface area contributed by atoms with Crippen LogP contribution in [0, 0.1) is 0 Å². The summed E-state index contributed by atoms with van der Waals surface area (Å²) in [7, 11) is 1.57. The maximum Gasteiger partial charge on any atom is 0.218 e. The van der Waals surface area contributed by atoms with Crippen molar-refractivity contribution in [3.8, 4) is 5.88 Å². The van der Waals surface area contributed by atoms with Crippen molar-refractivity contribution in [3.05, 3.63) is 46.5 Å². The minimum absolute atomic E-state index is 0.395. The molecule has 0 bridgehead atoms. The number of hydrogen-bond donors (Lipinski definition) is 1. The number of furan rings is 1. The molecule has 5 heteroatoms. The van der Waals surface area contributed by atoms with Gasteiger partial charge in [0.25, 0.3) is 0 Å². The SMILES string of the molecule is COc1ncccc1C(N)c1occc1Br. The molecule has 2 aromatic rings. The van der Waals surface area contributed by atoms with Gasteiger partial charge in [-0.2, -0.15) is 0 Å². The molecular formula is C11H11BrN2O2. The van der Waals surface area contributed by atoms with Gasteiger partial charge in [-0.25, -0.2) is 4.98 Å². The minimum Gasteiger partial charge on any atom is -0.481 e. The summed E-state index contributed by atoms with van der Waals surface area (Å²) in [4.78, 5) is 4.10. The lowest BCUT2D eigenvalue weighted by molar-refractivity contribution is 0.386. The molecule has 0 spiro atoms. The van der Waals surface area contributed by atoms with Crippen molar-refractivity contribution in [1.29, 1.82) is 0 Å². The molecule has 0 saturated heterocycles. The van der Waals surface area contributed by atoms with Crippen LogP contribution in [0.15, 0.2) is 39.5 Å². The Kier molecular flexibility index (Phi) is 3.26. The fraction of sp³-hybridized carbons (Fsp3) is 0.182. The monoisotopic (exact) mass is 282 g/mol. The van der Waals surface area contributed by atoms with Gasteiger partial charge in [0.15, 0.2) is 0 Å². The van der Waals surface area contributed by atoms with Crippen molar-refractivity contribution in [3.63, 3.8) is 0 Å². The number of rotatable bonds is 3. The van der Waals surface area contributed by atoms with Gasteiger partial charge in [0.05, 0.1) is 23.9 Å². The molecule has 0 radical (unpaired) electrons. The van der Waals surface area contributed by atoms with Gasteiger partial charge in [-0.3, -0.25) is 0 Å². The molecule has 1 atom stereocenters. The van der Waals surface area contributed by atoms with E-state index in [4.69, 9.17) is 14.9 Å². The summed E-state index contributed by atoms with van der Waals surface area (Å²) in [6.07, 6.45) is 3.24. The molecule has 84 valence electrons. The molecular weight excluding hydrogens is 272 g/mol. The third-order valence-electron chi connectivity index (χ3n) is 2.26. The van der Waals surface area contributed by atoms with Crippen LogP contribution in [0.5, 0.6) is 5.88 Å². The second kappa shape index (κ2) is 4.67. The van der Waals surface area contributed by atoms with Crippen molar-refractivity contribution >= 4 is 15.9 Å². The van der Waals surface area contributed by atoms with Crippen LogP contribution in [-0.4, -0.2) is 12.1 Å². The Hall–Kier alpha value is -1.33. The minimum atomic E-state index is -0.395. The highest BCUT2D eigenvalue weighted by atomic mass is 79.9. The molecule has 0 saturated carbocycles. The van der Waals surface area contributed by atoms with Gasteiger partial charge >= 0.3 is 0 Å². The lowest BCUT2D eigenvalue weighted by Crippen LogP contribution is -2.13. The second-order valence-corrected chi connectivity index (χ2v) is 4.07. The van der Waals surface area contributed by atoms with E-state index in [1.807, 2.05) is 12.1 Å². The molecule has 0 aromatic carbocycles. The fourth-order valence-electron chi connectivity index (χ4n) is 1.48. The van der Waals surface area contributed by atoms with E-state index in [2.05, 4.69) is 20.9 Å². The van der Waals surface area contributed by atoms with E-state index in [-0.39, 0.29) is 0 Å². The van der Waals surface area contributed by atoms with Gasteiger partial charge in [0, 0.05) is 11.8 Å². The average molecular weight is 283 g/mol. The predicted octanol–water partition coefficient (Wildman–Crippen LogP) is 2.49. The number of nitrogens with zero attached hydrogens (tertiary/aromatic N) is 1. The van der Waals surface area contributed by atoms with Crippen LogP contribution >= 0.6 is 15.9 Å². The third kappa shape index (κ3) is 1.96. The predicted molar refractivity (Wildman–Crippen MR) is 63.2 cm³/mol. The van der Waals surface area contributed by atoms with Gasteiger partial charge in [-0.15, -0.1) is 0 Å². The smallest absolute Gasteiger partial charge is 0.218 e. The molecule has 1 unspecified atom stereocenters. The number of nitrogens with two attached hydrogens (primary N) is 1. The zero-order valence-electron chi connectivity index (χ0n) is 8.68. The van der Waals surface area contributed by atoms with E-state index in [1.54, 1.807) is 25.6 Å². The average Bonchev–Trinajstić information content (AvgIpc) is 2.74. The first-order valence-electron chi connectivity index (χ1n) is 4.71. The van der Waals surface area contributed by atoms with Gasteiger partial charge in [0.2, 0.25) is 5.88 Å². The molecule has 0 aliphatic heterocycles. The van der Waals surface area contributed by atoms with Crippen molar-refractivity contribution in [1.82, 2.24) is 4.98 Å². The molecule has 0 amide bonds. The Bertz CT molecular complexity index is 484. The van der Waals surface area contributed by atoms with E-state index in [1.165, 1.54) is 0 Å². The Labute approximate surface area is 102 Å². The summed E-state index contributed by atoms with van der Waals surface area (Å²) < 4.78 is 11.3. The molecule has 0 aliphatic rings. The highest BCUT2D eigenvalue weighted by Crippen LogP contribution is 2.31. The summed E-state index contributed by atoms with van der Waals surface area (Å²) in [5.74, 6) is 1.17. The molecule has 2 aromatic heterocycles. The van der Waals surface area contributed by atoms with Crippen LogP contribution in [-0.2, 0) is 0 Å². The van der Waals surface area contributed by atoms with Gasteiger partial charge < -0.3 is 14.9 Å². The Balaban J connectivity index is 2.41. The van der Waals surface area contributed by atoms with Crippen molar-refractivity contribution in [2.75, 3.05) is 7.11 Å². The first-order chi connectivity index (χ1) is 7.74. The largest absolute Gasteiger partial charge is 0.481 e. The highest BCUT2D eigenvalue weighted by Gasteiger charge is 2.19. The van der Waals surface area contributed by atoms with Crippen LogP contribution in [0.4, 0.5) is 0 Å². The zero-order chi connectivity index (χ0) is 11.5. The topological polar surface area (TPSA) is 61.3 Å². The van der Waals surface area contributed by atoms with E-state index in [9.17, 15) is 0 Å². The number of pyridine rings is 1. The van der Waals surface area contributed by atoms with E-state index < -0.39 is 6.04 Å². The van der Waals surface area contributed by atoms with Crippen molar-refractivity contribution in [2.24, 2.45) is 5.73 Å². The summed E-state index contributed by atoms with van der Waals surface area (Å²) in [6, 6.07) is 5.09. The fourth-order valence-corrected chi connectivity index (χ4v) is 1.93. The zero-order valence-corrected chi connectivity index (χ0v) is 10.3. The van der Waals surface area contributed by atoms with Gasteiger partial charge in [-0.1, -0.05) is 6.07 Å². The standard InChI is InChI=1S/C11H11BrN2O2/c1-15-11-7(3-2-5-14-11)9(13)10-8(12)4-6-16-10/h2-6,9H,13H2,1H3. The first kappa shape index (κ1) is 11.2. The highest BCUT2D eigenvalue weighted by molar-refractivity contribution is 9.10. The van der Waals surface area contributed by atoms with Crippen LogP contribution in [0.2, 0.25) is 0 Å².